The van der Waals surface area contributed by atoms with Crippen molar-refractivity contribution in [2.75, 3.05) is 24.8 Å². The molecule has 0 saturated heterocycles. The Labute approximate surface area is 106 Å². The first-order valence-electron chi connectivity index (χ1n) is 5.70. The lowest BCUT2D eigenvalue weighted by Crippen LogP contribution is -2.03. The van der Waals surface area contributed by atoms with Crippen LogP contribution in [-0.2, 0) is 11.2 Å². The van der Waals surface area contributed by atoms with Gasteiger partial charge in [0.2, 0.25) is 0 Å². The summed E-state index contributed by atoms with van der Waals surface area (Å²) in [6.45, 7) is 0.679. The third kappa shape index (κ3) is 2.95. The van der Waals surface area contributed by atoms with Crippen LogP contribution in [0.4, 0.5) is 17.2 Å². The summed E-state index contributed by atoms with van der Waals surface area (Å²) in [5, 5.41) is 3.22. The fraction of sp³-hybridized carbons (Fsp3) is 0.231. The van der Waals surface area contributed by atoms with Gasteiger partial charge in [0.05, 0.1) is 18.5 Å². The van der Waals surface area contributed by atoms with E-state index in [-0.39, 0.29) is 0 Å². The van der Waals surface area contributed by atoms with E-state index < -0.39 is 0 Å². The Morgan fingerprint density at radius 1 is 1.33 bits per heavy atom. The molecule has 0 aliphatic rings. The van der Waals surface area contributed by atoms with Crippen molar-refractivity contribution in [2.24, 2.45) is 0 Å². The summed E-state index contributed by atoms with van der Waals surface area (Å²) < 4.78 is 5.10. The third-order valence-electron chi connectivity index (χ3n) is 2.59. The number of nitrogens with two attached hydrogens (primary N) is 1. The Morgan fingerprint density at radius 3 is 2.94 bits per heavy atom. The van der Waals surface area contributed by atoms with Crippen molar-refractivity contribution in [3.05, 3.63) is 42.4 Å². The van der Waals surface area contributed by atoms with Gasteiger partial charge in [0.25, 0.3) is 0 Å². The molecule has 18 heavy (non-hydrogen) atoms. The number of hydrogen-bond acceptors (Lipinski definition) is 5. The lowest BCUT2D eigenvalue weighted by molar-refractivity contribution is 0.202. The zero-order valence-corrected chi connectivity index (χ0v) is 10.3. The zero-order chi connectivity index (χ0) is 12.8. The van der Waals surface area contributed by atoms with E-state index in [0.717, 1.165) is 17.7 Å². The minimum absolute atomic E-state index is 0.527. The van der Waals surface area contributed by atoms with E-state index in [2.05, 4.69) is 21.4 Å². The number of benzene rings is 1. The second kappa shape index (κ2) is 5.97. The Bertz CT molecular complexity index is 516. The molecule has 1 heterocycles. The SMILES string of the molecule is COCCc1ccccc1Nc1ncncc1N. The van der Waals surface area contributed by atoms with Gasteiger partial charge in [-0.25, -0.2) is 9.97 Å². The number of anilines is 3. The van der Waals surface area contributed by atoms with E-state index in [9.17, 15) is 0 Å². The maximum absolute atomic E-state index is 5.81. The second-order valence-electron chi connectivity index (χ2n) is 3.85. The standard InChI is InChI=1S/C13H16N4O/c1-18-7-6-10-4-2-3-5-12(10)17-13-11(14)8-15-9-16-13/h2-5,8-9H,6-7,14H2,1H3,(H,15,16,17). The summed E-state index contributed by atoms with van der Waals surface area (Å²) in [5.41, 5.74) is 8.48. The van der Waals surface area contributed by atoms with Crippen molar-refractivity contribution in [1.29, 1.82) is 0 Å². The molecule has 5 nitrogen and oxygen atoms in total. The second-order valence-corrected chi connectivity index (χ2v) is 3.85. The predicted octanol–water partition coefficient (Wildman–Crippen LogP) is 1.99. The van der Waals surface area contributed by atoms with Crippen LogP contribution >= 0.6 is 0 Å². The smallest absolute Gasteiger partial charge is 0.157 e. The maximum Gasteiger partial charge on any atom is 0.157 e. The van der Waals surface area contributed by atoms with Gasteiger partial charge in [-0.1, -0.05) is 18.2 Å². The first-order valence-corrected chi connectivity index (χ1v) is 5.70. The molecule has 3 N–H and O–H groups in total. The van der Waals surface area contributed by atoms with E-state index in [1.54, 1.807) is 13.3 Å². The van der Waals surface area contributed by atoms with Gasteiger partial charge in [0.15, 0.2) is 5.82 Å². The Hall–Kier alpha value is -2.14. The van der Waals surface area contributed by atoms with Gasteiger partial charge < -0.3 is 15.8 Å². The summed E-state index contributed by atoms with van der Waals surface area (Å²) in [6.07, 6.45) is 3.88. The highest BCUT2D eigenvalue weighted by Gasteiger charge is 2.05. The molecule has 1 aromatic heterocycles. The van der Waals surface area contributed by atoms with E-state index >= 15 is 0 Å². The van der Waals surface area contributed by atoms with Crippen molar-refractivity contribution in [3.8, 4) is 0 Å². The molecule has 1 aromatic carbocycles. The van der Waals surface area contributed by atoms with Crippen LogP contribution in [0.15, 0.2) is 36.8 Å². The quantitative estimate of drug-likeness (QED) is 0.841. The Kier molecular flexibility index (Phi) is 4.09. The van der Waals surface area contributed by atoms with Gasteiger partial charge in [-0.15, -0.1) is 0 Å². The summed E-state index contributed by atoms with van der Waals surface area (Å²) in [5.74, 6) is 0.620. The highest BCUT2D eigenvalue weighted by Crippen LogP contribution is 2.22. The average Bonchev–Trinajstić information content (AvgIpc) is 2.40. The fourth-order valence-electron chi connectivity index (χ4n) is 1.64. The number of hydrogen-bond donors (Lipinski definition) is 2. The monoisotopic (exact) mass is 244 g/mol. The lowest BCUT2D eigenvalue weighted by Gasteiger charge is -2.12. The molecule has 0 radical (unpaired) electrons. The van der Waals surface area contributed by atoms with Gasteiger partial charge >= 0.3 is 0 Å². The minimum atomic E-state index is 0.527. The van der Waals surface area contributed by atoms with Gasteiger partial charge in [0.1, 0.15) is 6.33 Å². The molecule has 0 aliphatic carbocycles. The molecule has 0 fully saturated rings. The van der Waals surface area contributed by atoms with E-state index in [4.69, 9.17) is 10.5 Å². The van der Waals surface area contributed by atoms with E-state index in [1.165, 1.54) is 6.33 Å². The minimum Gasteiger partial charge on any atom is -0.394 e. The molecule has 2 rings (SSSR count). The van der Waals surface area contributed by atoms with Crippen molar-refractivity contribution >= 4 is 17.2 Å². The number of para-hydroxylation sites is 1. The molecule has 2 aromatic rings. The van der Waals surface area contributed by atoms with Crippen molar-refractivity contribution in [1.82, 2.24) is 9.97 Å². The number of aromatic nitrogens is 2. The van der Waals surface area contributed by atoms with Crippen molar-refractivity contribution in [3.63, 3.8) is 0 Å². The summed E-state index contributed by atoms with van der Waals surface area (Å²) in [4.78, 5) is 7.98. The molecule has 5 heteroatoms. The molecule has 0 bridgehead atoms. The van der Waals surface area contributed by atoms with Crippen LogP contribution in [0, 0.1) is 0 Å². The van der Waals surface area contributed by atoms with Crippen LogP contribution in [-0.4, -0.2) is 23.7 Å². The molecule has 0 atom stereocenters. The number of ether oxygens (including phenoxy) is 1. The van der Waals surface area contributed by atoms with Crippen LogP contribution in [0.5, 0.6) is 0 Å². The zero-order valence-electron chi connectivity index (χ0n) is 10.3. The molecule has 94 valence electrons. The highest BCUT2D eigenvalue weighted by molar-refractivity contribution is 5.69. The van der Waals surface area contributed by atoms with Crippen molar-refractivity contribution < 1.29 is 4.74 Å². The largest absolute Gasteiger partial charge is 0.394 e. The molecular weight excluding hydrogens is 228 g/mol. The predicted molar refractivity (Wildman–Crippen MR) is 71.7 cm³/mol. The topological polar surface area (TPSA) is 73.1 Å². The normalized spacial score (nSPS) is 10.3. The van der Waals surface area contributed by atoms with Crippen LogP contribution < -0.4 is 11.1 Å². The highest BCUT2D eigenvalue weighted by atomic mass is 16.5. The van der Waals surface area contributed by atoms with E-state index in [1.807, 2.05) is 18.2 Å². The first kappa shape index (κ1) is 12.3. The average molecular weight is 244 g/mol. The summed E-state index contributed by atoms with van der Waals surface area (Å²) in [7, 11) is 1.69. The van der Waals surface area contributed by atoms with E-state index in [0.29, 0.717) is 18.1 Å². The number of nitrogens with one attached hydrogen (secondary N) is 1. The number of rotatable bonds is 5. The van der Waals surface area contributed by atoms with Crippen LogP contribution in [0.1, 0.15) is 5.56 Å². The maximum atomic E-state index is 5.81. The number of methoxy groups -OCH3 is 1. The Morgan fingerprint density at radius 2 is 2.17 bits per heavy atom. The van der Waals surface area contributed by atoms with Crippen molar-refractivity contribution in [2.45, 2.75) is 6.42 Å². The van der Waals surface area contributed by atoms with Gasteiger partial charge in [-0.2, -0.15) is 0 Å². The van der Waals surface area contributed by atoms with Gasteiger partial charge in [-0.05, 0) is 18.1 Å². The Balaban J connectivity index is 2.21. The molecule has 0 spiro atoms. The van der Waals surface area contributed by atoms with Crippen LogP contribution in [0.2, 0.25) is 0 Å². The van der Waals surface area contributed by atoms with Crippen LogP contribution in [0.25, 0.3) is 0 Å². The molecule has 0 amide bonds. The molecule has 0 saturated carbocycles. The number of nitrogens with zero attached hydrogens (tertiary/aromatic N) is 2. The third-order valence-corrected chi connectivity index (χ3v) is 2.59. The van der Waals surface area contributed by atoms with Gasteiger partial charge in [-0.3, -0.25) is 0 Å². The first-order chi connectivity index (χ1) is 8.81. The van der Waals surface area contributed by atoms with Crippen LogP contribution in [0.3, 0.4) is 0 Å². The summed E-state index contributed by atoms with van der Waals surface area (Å²) >= 11 is 0. The summed E-state index contributed by atoms with van der Waals surface area (Å²) in [6, 6.07) is 8.01. The fourth-order valence-corrected chi connectivity index (χ4v) is 1.64. The number of nitrogen functional groups attached to an aromatic ring is 1. The lowest BCUT2D eigenvalue weighted by atomic mass is 10.1. The molecule has 0 unspecified atom stereocenters. The molecule has 0 aliphatic heterocycles. The molecular formula is C13H16N4O. The van der Waals surface area contributed by atoms with Gasteiger partial charge in [0, 0.05) is 12.8 Å².